The SMILES string of the molecule is Cc1coc(NS(=O)(=O)Cc2ccc(C(=O)O)cc2)n1. The fourth-order valence-corrected chi connectivity index (χ4v) is 2.60. The minimum atomic E-state index is -3.66. The zero-order chi connectivity index (χ0) is 14.8. The summed E-state index contributed by atoms with van der Waals surface area (Å²) in [6, 6.07) is 5.50. The first-order chi connectivity index (χ1) is 9.35. The van der Waals surface area contributed by atoms with Crippen molar-refractivity contribution >= 4 is 22.0 Å². The zero-order valence-corrected chi connectivity index (χ0v) is 11.3. The average molecular weight is 296 g/mol. The Bertz CT molecular complexity index is 719. The Morgan fingerprint density at radius 3 is 2.50 bits per heavy atom. The molecule has 0 spiro atoms. The van der Waals surface area contributed by atoms with E-state index in [1.54, 1.807) is 6.92 Å². The summed E-state index contributed by atoms with van der Waals surface area (Å²) < 4.78 is 30.9. The molecule has 20 heavy (non-hydrogen) atoms. The molecule has 7 nitrogen and oxygen atoms in total. The minimum absolute atomic E-state index is 0.0929. The number of carbonyl (C=O) groups is 1. The molecule has 0 unspecified atom stereocenters. The van der Waals surface area contributed by atoms with Crippen molar-refractivity contribution in [1.29, 1.82) is 0 Å². The first-order valence-electron chi connectivity index (χ1n) is 5.60. The molecule has 0 saturated heterocycles. The van der Waals surface area contributed by atoms with Crippen LogP contribution in [0, 0.1) is 6.92 Å². The molecule has 0 atom stereocenters. The summed E-state index contributed by atoms with van der Waals surface area (Å²) in [5.41, 5.74) is 1.13. The summed E-state index contributed by atoms with van der Waals surface area (Å²) in [7, 11) is -3.66. The van der Waals surface area contributed by atoms with Crippen molar-refractivity contribution in [2.24, 2.45) is 0 Å². The van der Waals surface area contributed by atoms with E-state index in [2.05, 4.69) is 9.71 Å². The largest absolute Gasteiger partial charge is 0.478 e. The van der Waals surface area contributed by atoms with E-state index in [1.165, 1.54) is 30.5 Å². The van der Waals surface area contributed by atoms with Crippen LogP contribution < -0.4 is 4.72 Å². The number of hydrogen-bond acceptors (Lipinski definition) is 5. The van der Waals surface area contributed by atoms with E-state index in [0.717, 1.165) is 0 Å². The van der Waals surface area contributed by atoms with Crippen LogP contribution in [-0.2, 0) is 15.8 Å². The molecule has 0 amide bonds. The summed E-state index contributed by atoms with van der Waals surface area (Å²) in [5, 5.41) is 8.75. The number of sulfonamides is 1. The number of aromatic nitrogens is 1. The molecule has 0 aliphatic carbocycles. The Hall–Kier alpha value is -2.35. The normalized spacial score (nSPS) is 11.2. The van der Waals surface area contributed by atoms with Crippen LogP contribution in [0.3, 0.4) is 0 Å². The van der Waals surface area contributed by atoms with Gasteiger partial charge in [0.25, 0.3) is 0 Å². The van der Waals surface area contributed by atoms with Crippen LogP contribution in [0.25, 0.3) is 0 Å². The topological polar surface area (TPSA) is 110 Å². The molecule has 0 fully saturated rings. The molecule has 0 aliphatic heterocycles. The summed E-state index contributed by atoms with van der Waals surface area (Å²) in [5.74, 6) is -1.36. The third kappa shape index (κ3) is 3.58. The summed E-state index contributed by atoms with van der Waals surface area (Å²) >= 11 is 0. The van der Waals surface area contributed by atoms with Crippen molar-refractivity contribution in [3.63, 3.8) is 0 Å². The van der Waals surface area contributed by atoms with Gasteiger partial charge >= 0.3 is 12.0 Å². The first-order valence-corrected chi connectivity index (χ1v) is 7.26. The molecule has 2 aromatic rings. The Labute approximate surface area is 115 Å². The number of aryl methyl sites for hydroxylation is 1. The molecule has 0 saturated carbocycles. The Balaban J connectivity index is 2.09. The predicted octanol–water partition coefficient (Wildman–Crippen LogP) is 1.62. The van der Waals surface area contributed by atoms with Gasteiger partial charge in [-0.2, -0.15) is 4.98 Å². The van der Waals surface area contributed by atoms with Gasteiger partial charge in [0.1, 0.15) is 6.26 Å². The molecule has 1 aromatic heterocycles. The number of nitrogens with zero attached hydrogens (tertiary/aromatic N) is 1. The van der Waals surface area contributed by atoms with Gasteiger partial charge in [0.2, 0.25) is 10.0 Å². The maximum atomic E-state index is 11.9. The smallest absolute Gasteiger partial charge is 0.335 e. The van der Waals surface area contributed by atoms with Crippen molar-refractivity contribution in [1.82, 2.24) is 4.98 Å². The molecule has 2 rings (SSSR count). The van der Waals surface area contributed by atoms with Crippen molar-refractivity contribution in [2.45, 2.75) is 12.7 Å². The lowest BCUT2D eigenvalue weighted by molar-refractivity contribution is 0.0697. The predicted molar refractivity (Wildman–Crippen MR) is 70.9 cm³/mol. The lowest BCUT2D eigenvalue weighted by atomic mass is 10.1. The van der Waals surface area contributed by atoms with Gasteiger partial charge in [0, 0.05) is 0 Å². The van der Waals surface area contributed by atoms with Gasteiger partial charge in [-0.15, -0.1) is 0 Å². The van der Waals surface area contributed by atoms with Crippen LogP contribution in [0.1, 0.15) is 21.6 Å². The molecule has 1 aromatic carbocycles. The number of aromatic carboxylic acids is 1. The number of rotatable bonds is 5. The van der Waals surface area contributed by atoms with Gasteiger partial charge in [-0.1, -0.05) is 12.1 Å². The van der Waals surface area contributed by atoms with Crippen LogP contribution in [0.4, 0.5) is 6.01 Å². The van der Waals surface area contributed by atoms with E-state index in [1.807, 2.05) is 0 Å². The maximum absolute atomic E-state index is 11.9. The van der Waals surface area contributed by atoms with Crippen molar-refractivity contribution in [3.8, 4) is 0 Å². The number of nitrogens with one attached hydrogen (secondary N) is 1. The molecular weight excluding hydrogens is 284 g/mol. The van der Waals surface area contributed by atoms with Crippen molar-refractivity contribution in [3.05, 3.63) is 47.3 Å². The second-order valence-electron chi connectivity index (χ2n) is 4.16. The van der Waals surface area contributed by atoms with Crippen LogP contribution >= 0.6 is 0 Å². The molecule has 106 valence electrons. The summed E-state index contributed by atoms with van der Waals surface area (Å²) in [6.07, 6.45) is 1.33. The lowest BCUT2D eigenvalue weighted by Crippen LogP contribution is -2.15. The monoisotopic (exact) mass is 296 g/mol. The van der Waals surface area contributed by atoms with E-state index in [-0.39, 0.29) is 17.3 Å². The summed E-state index contributed by atoms with van der Waals surface area (Å²) in [4.78, 5) is 14.5. The molecular formula is C12H12N2O5S. The van der Waals surface area contributed by atoms with Gasteiger partial charge in [-0.3, -0.25) is 0 Å². The second-order valence-corrected chi connectivity index (χ2v) is 5.88. The van der Waals surface area contributed by atoms with Gasteiger partial charge in [0.05, 0.1) is 17.0 Å². The molecule has 8 heteroatoms. The lowest BCUT2D eigenvalue weighted by Gasteiger charge is -2.04. The summed E-state index contributed by atoms with van der Waals surface area (Å²) in [6.45, 7) is 1.67. The van der Waals surface area contributed by atoms with Crippen LogP contribution in [0.5, 0.6) is 0 Å². The number of oxazole rings is 1. The number of benzene rings is 1. The third-order valence-electron chi connectivity index (χ3n) is 2.42. The van der Waals surface area contributed by atoms with Gasteiger partial charge in [-0.25, -0.2) is 17.9 Å². The van der Waals surface area contributed by atoms with Gasteiger partial charge in [-0.05, 0) is 24.6 Å². The Kier molecular flexibility index (Phi) is 3.75. The molecule has 1 heterocycles. The highest BCUT2D eigenvalue weighted by Gasteiger charge is 2.15. The zero-order valence-electron chi connectivity index (χ0n) is 10.5. The molecule has 0 bridgehead atoms. The molecule has 0 aliphatic rings. The second kappa shape index (κ2) is 5.33. The van der Waals surface area contributed by atoms with Crippen LogP contribution in [0.15, 0.2) is 34.9 Å². The highest BCUT2D eigenvalue weighted by atomic mass is 32.2. The van der Waals surface area contributed by atoms with E-state index in [4.69, 9.17) is 9.52 Å². The fourth-order valence-electron chi connectivity index (χ4n) is 1.53. The maximum Gasteiger partial charge on any atom is 0.335 e. The van der Waals surface area contributed by atoms with Crippen molar-refractivity contribution < 1.29 is 22.7 Å². The highest BCUT2D eigenvalue weighted by Crippen LogP contribution is 2.13. The van der Waals surface area contributed by atoms with E-state index >= 15 is 0 Å². The molecule has 2 N–H and O–H groups in total. The number of anilines is 1. The van der Waals surface area contributed by atoms with E-state index in [0.29, 0.717) is 11.3 Å². The van der Waals surface area contributed by atoms with Crippen LogP contribution in [-0.4, -0.2) is 24.5 Å². The van der Waals surface area contributed by atoms with Gasteiger partial charge in [0.15, 0.2) is 0 Å². The number of carboxylic acid groups (broad SMARTS) is 1. The quantitative estimate of drug-likeness (QED) is 0.867. The standard InChI is InChI=1S/C12H12N2O5S/c1-8-6-19-12(13-8)14-20(17,18)7-9-2-4-10(5-3-9)11(15)16/h2-6H,7H2,1H3,(H,13,14)(H,15,16). The number of carboxylic acids is 1. The van der Waals surface area contributed by atoms with Crippen molar-refractivity contribution in [2.75, 3.05) is 4.72 Å². The third-order valence-corrected chi connectivity index (χ3v) is 3.62. The van der Waals surface area contributed by atoms with Crippen LogP contribution in [0.2, 0.25) is 0 Å². The minimum Gasteiger partial charge on any atom is -0.478 e. The fraction of sp³-hybridized carbons (Fsp3) is 0.167. The van der Waals surface area contributed by atoms with E-state index < -0.39 is 16.0 Å². The molecule has 0 radical (unpaired) electrons. The average Bonchev–Trinajstić information content (AvgIpc) is 2.73. The first kappa shape index (κ1) is 14.1. The Morgan fingerprint density at radius 1 is 1.35 bits per heavy atom. The number of hydrogen-bond donors (Lipinski definition) is 2. The highest BCUT2D eigenvalue weighted by molar-refractivity contribution is 7.91. The Morgan fingerprint density at radius 2 is 2.00 bits per heavy atom. The van der Waals surface area contributed by atoms with Gasteiger partial charge < -0.3 is 9.52 Å². The van der Waals surface area contributed by atoms with E-state index in [9.17, 15) is 13.2 Å².